The van der Waals surface area contributed by atoms with E-state index in [1.165, 1.54) is 5.56 Å². The molecular formula is C21H18N2O2. The molecule has 2 aromatic carbocycles. The number of aryl methyl sites for hydroxylation is 1. The molecule has 0 aliphatic rings. The normalized spacial score (nSPS) is 10.8. The molecule has 0 radical (unpaired) electrons. The van der Waals surface area contributed by atoms with Crippen molar-refractivity contribution in [1.82, 2.24) is 9.38 Å². The predicted molar refractivity (Wildman–Crippen MR) is 98.4 cm³/mol. The molecule has 0 N–H and O–H groups in total. The van der Waals surface area contributed by atoms with Crippen molar-refractivity contribution in [3.8, 4) is 28.5 Å². The third kappa shape index (κ3) is 2.94. The van der Waals surface area contributed by atoms with E-state index in [1.54, 1.807) is 7.11 Å². The van der Waals surface area contributed by atoms with Crippen LogP contribution in [0.2, 0.25) is 0 Å². The highest BCUT2D eigenvalue weighted by molar-refractivity contribution is 5.67. The number of hydrogen-bond acceptors (Lipinski definition) is 3. The molecule has 0 bridgehead atoms. The van der Waals surface area contributed by atoms with Crippen LogP contribution in [0.3, 0.4) is 0 Å². The highest BCUT2D eigenvalue weighted by atomic mass is 16.5. The first-order valence-electron chi connectivity index (χ1n) is 8.09. The zero-order valence-corrected chi connectivity index (χ0v) is 14.1. The Balaban J connectivity index is 1.71. The summed E-state index contributed by atoms with van der Waals surface area (Å²) in [7, 11) is 1.65. The van der Waals surface area contributed by atoms with Crippen LogP contribution in [0.25, 0.3) is 16.9 Å². The van der Waals surface area contributed by atoms with Gasteiger partial charge in [-0.05, 0) is 49.4 Å². The lowest BCUT2D eigenvalue weighted by atomic mass is 10.1. The lowest BCUT2D eigenvalue weighted by molar-refractivity contribution is 0.379. The van der Waals surface area contributed by atoms with E-state index in [1.807, 2.05) is 73.1 Å². The molecule has 2 heterocycles. The molecule has 0 fully saturated rings. The fourth-order valence-electron chi connectivity index (χ4n) is 2.79. The predicted octanol–water partition coefficient (Wildman–Crippen LogP) is 5.11. The van der Waals surface area contributed by atoms with Crippen LogP contribution in [0.15, 0.2) is 73.1 Å². The third-order valence-corrected chi connectivity index (χ3v) is 4.13. The summed E-state index contributed by atoms with van der Waals surface area (Å²) in [6.45, 7) is 2.05. The molecule has 0 atom stereocenters. The number of ether oxygens (including phenoxy) is 2. The molecule has 0 amide bonds. The molecule has 0 saturated carbocycles. The first-order chi connectivity index (χ1) is 12.2. The Kier molecular flexibility index (Phi) is 3.86. The minimum absolute atomic E-state index is 0.684. The van der Waals surface area contributed by atoms with Gasteiger partial charge in [-0.2, -0.15) is 0 Å². The zero-order chi connectivity index (χ0) is 17.2. The van der Waals surface area contributed by atoms with Gasteiger partial charge in [0.2, 0.25) is 0 Å². The summed E-state index contributed by atoms with van der Waals surface area (Å²) >= 11 is 0. The van der Waals surface area contributed by atoms with Crippen LogP contribution >= 0.6 is 0 Å². The van der Waals surface area contributed by atoms with Crippen molar-refractivity contribution in [3.05, 3.63) is 78.6 Å². The number of methoxy groups -OCH3 is 1. The van der Waals surface area contributed by atoms with Gasteiger partial charge in [0.1, 0.15) is 11.4 Å². The van der Waals surface area contributed by atoms with Crippen LogP contribution in [0.1, 0.15) is 5.56 Å². The van der Waals surface area contributed by atoms with E-state index in [2.05, 4.69) is 16.3 Å². The number of imidazole rings is 1. The Labute approximate surface area is 146 Å². The topological polar surface area (TPSA) is 35.8 Å². The van der Waals surface area contributed by atoms with Crippen molar-refractivity contribution in [2.75, 3.05) is 7.11 Å². The van der Waals surface area contributed by atoms with Gasteiger partial charge in [0, 0.05) is 11.8 Å². The number of pyridine rings is 1. The minimum atomic E-state index is 0.684. The molecule has 124 valence electrons. The Bertz CT molecular complexity index is 1020. The fraction of sp³-hybridized carbons (Fsp3) is 0.0952. The summed E-state index contributed by atoms with van der Waals surface area (Å²) < 4.78 is 13.6. The van der Waals surface area contributed by atoms with Crippen molar-refractivity contribution >= 4 is 5.65 Å². The van der Waals surface area contributed by atoms with Gasteiger partial charge >= 0.3 is 0 Å². The molecule has 25 heavy (non-hydrogen) atoms. The highest BCUT2D eigenvalue weighted by Crippen LogP contribution is 2.35. The number of aromatic nitrogens is 2. The van der Waals surface area contributed by atoms with Gasteiger partial charge in [-0.3, -0.25) is 4.40 Å². The molecule has 4 nitrogen and oxygen atoms in total. The van der Waals surface area contributed by atoms with Crippen molar-refractivity contribution in [2.45, 2.75) is 6.92 Å². The maximum absolute atomic E-state index is 5.97. The van der Waals surface area contributed by atoms with E-state index >= 15 is 0 Å². The Morgan fingerprint density at radius 1 is 0.920 bits per heavy atom. The maximum atomic E-state index is 5.97. The van der Waals surface area contributed by atoms with Crippen molar-refractivity contribution in [2.24, 2.45) is 0 Å². The summed E-state index contributed by atoms with van der Waals surface area (Å²) in [6, 6.07) is 19.8. The monoisotopic (exact) mass is 330 g/mol. The van der Waals surface area contributed by atoms with Crippen molar-refractivity contribution in [3.63, 3.8) is 0 Å². The lowest BCUT2D eigenvalue weighted by Crippen LogP contribution is -1.92. The van der Waals surface area contributed by atoms with Gasteiger partial charge in [-0.15, -0.1) is 0 Å². The lowest BCUT2D eigenvalue weighted by Gasteiger charge is -2.12. The van der Waals surface area contributed by atoms with E-state index in [9.17, 15) is 0 Å². The molecule has 0 saturated heterocycles. The second-order valence-corrected chi connectivity index (χ2v) is 5.85. The Morgan fingerprint density at radius 3 is 2.56 bits per heavy atom. The van der Waals surface area contributed by atoms with Crippen molar-refractivity contribution < 1.29 is 9.47 Å². The van der Waals surface area contributed by atoms with Crippen LogP contribution in [0, 0.1) is 6.92 Å². The number of nitrogens with zero attached hydrogens (tertiary/aromatic N) is 2. The third-order valence-electron chi connectivity index (χ3n) is 4.13. The van der Waals surface area contributed by atoms with Crippen molar-refractivity contribution in [1.29, 1.82) is 0 Å². The summed E-state index contributed by atoms with van der Waals surface area (Å²) in [4.78, 5) is 4.44. The van der Waals surface area contributed by atoms with Gasteiger partial charge in [-0.25, -0.2) is 4.98 Å². The Hall–Kier alpha value is -3.27. The standard InChI is InChI=1S/C21H18N2O2/c1-15-6-9-17(10-7-15)25-19-11-8-16(13-20(19)24-2)18-14-22-21-5-3-4-12-23(18)21/h3-14H,1-2H3. The molecule has 0 aliphatic carbocycles. The molecular weight excluding hydrogens is 312 g/mol. The van der Waals surface area contributed by atoms with E-state index in [0.717, 1.165) is 22.7 Å². The number of rotatable bonds is 4. The van der Waals surface area contributed by atoms with Gasteiger partial charge in [0.25, 0.3) is 0 Å². The number of fused-ring (bicyclic) bond motifs is 1. The van der Waals surface area contributed by atoms with Gasteiger partial charge in [-0.1, -0.05) is 23.8 Å². The Morgan fingerprint density at radius 2 is 1.76 bits per heavy atom. The fourth-order valence-corrected chi connectivity index (χ4v) is 2.79. The van der Waals surface area contributed by atoms with Gasteiger partial charge < -0.3 is 9.47 Å². The first kappa shape index (κ1) is 15.3. The maximum Gasteiger partial charge on any atom is 0.169 e. The summed E-state index contributed by atoms with van der Waals surface area (Å²) in [5, 5.41) is 0. The van der Waals surface area contributed by atoms with E-state index in [-0.39, 0.29) is 0 Å². The minimum Gasteiger partial charge on any atom is -0.493 e. The molecule has 0 aliphatic heterocycles. The average Bonchev–Trinajstić information content (AvgIpc) is 3.08. The first-order valence-corrected chi connectivity index (χ1v) is 8.09. The molecule has 0 spiro atoms. The molecule has 2 aromatic heterocycles. The van der Waals surface area contributed by atoms with E-state index in [0.29, 0.717) is 11.5 Å². The van der Waals surface area contributed by atoms with E-state index < -0.39 is 0 Å². The van der Waals surface area contributed by atoms with Gasteiger partial charge in [0.15, 0.2) is 11.5 Å². The molecule has 4 aromatic rings. The van der Waals surface area contributed by atoms with Gasteiger partial charge in [0.05, 0.1) is 19.0 Å². The molecule has 4 rings (SSSR count). The van der Waals surface area contributed by atoms with Crippen LogP contribution in [-0.2, 0) is 0 Å². The SMILES string of the molecule is COc1cc(-c2cnc3ccccn23)ccc1Oc1ccc(C)cc1. The van der Waals surface area contributed by atoms with Crippen LogP contribution in [-0.4, -0.2) is 16.5 Å². The molecule has 0 unspecified atom stereocenters. The second-order valence-electron chi connectivity index (χ2n) is 5.85. The average molecular weight is 330 g/mol. The van der Waals surface area contributed by atoms with E-state index in [4.69, 9.17) is 9.47 Å². The smallest absolute Gasteiger partial charge is 0.169 e. The number of benzene rings is 2. The zero-order valence-electron chi connectivity index (χ0n) is 14.1. The summed E-state index contributed by atoms with van der Waals surface area (Å²) in [5.74, 6) is 2.15. The molecule has 4 heteroatoms. The number of hydrogen-bond donors (Lipinski definition) is 0. The largest absolute Gasteiger partial charge is 0.493 e. The van der Waals surface area contributed by atoms with Crippen LogP contribution in [0.4, 0.5) is 0 Å². The second kappa shape index (κ2) is 6.32. The quantitative estimate of drug-likeness (QED) is 0.521. The van der Waals surface area contributed by atoms with Crippen LogP contribution in [0.5, 0.6) is 17.2 Å². The summed E-state index contributed by atoms with van der Waals surface area (Å²) in [6.07, 6.45) is 3.87. The van der Waals surface area contributed by atoms with Crippen LogP contribution < -0.4 is 9.47 Å². The highest BCUT2D eigenvalue weighted by Gasteiger charge is 2.11. The summed E-state index contributed by atoms with van der Waals surface area (Å²) in [5.41, 5.74) is 4.14.